The SMILES string of the molecule is Cc1c(N2CC(F)C(CNC3CC3)C2)c(F)c(N)c2c(=O)c(C(=O)O)cn(C3CC3F)c12. The number of aromatic carboxylic acids is 1. The summed E-state index contributed by atoms with van der Waals surface area (Å²) in [6.45, 7) is 2.32. The first-order chi connectivity index (χ1) is 15.2. The van der Waals surface area contributed by atoms with Gasteiger partial charge in [-0.3, -0.25) is 4.79 Å². The van der Waals surface area contributed by atoms with Gasteiger partial charge in [0.15, 0.2) is 5.82 Å². The molecule has 0 bridgehead atoms. The highest BCUT2D eigenvalue weighted by molar-refractivity contribution is 6.01. The fourth-order valence-corrected chi connectivity index (χ4v) is 4.82. The first kappa shape index (κ1) is 21.1. The number of benzene rings is 1. The topological polar surface area (TPSA) is 101 Å². The predicted octanol–water partition coefficient (Wildman–Crippen LogP) is 2.54. The Bertz CT molecular complexity index is 1180. The highest BCUT2D eigenvalue weighted by Gasteiger charge is 2.42. The highest BCUT2D eigenvalue weighted by atomic mass is 19.1. The molecule has 3 aliphatic rings. The first-order valence-electron chi connectivity index (χ1n) is 10.8. The molecule has 0 amide bonds. The molecule has 2 saturated carbocycles. The second-order valence-electron chi connectivity index (χ2n) is 9.19. The van der Waals surface area contributed by atoms with E-state index in [0.717, 1.165) is 19.0 Å². The molecule has 2 aliphatic carbocycles. The van der Waals surface area contributed by atoms with Crippen LogP contribution in [0.3, 0.4) is 0 Å². The lowest BCUT2D eigenvalue weighted by Gasteiger charge is -2.25. The van der Waals surface area contributed by atoms with Crippen molar-refractivity contribution in [2.45, 2.75) is 50.6 Å². The molecule has 2 heterocycles. The van der Waals surface area contributed by atoms with Crippen LogP contribution in [0.2, 0.25) is 0 Å². The third-order valence-corrected chi connectivity index (χ3v) is 6.85. The maximum atomic E-state index is 15.5. The molecular weight excluding hydrogens is 425 g/mol. The number of rotatable bonds is 6. The van der Waals surface area contributed by atoms with E-state index in [1.165, 1.54) is 4.57 Å². The number of carboxylic acid groups (broad SMARTS) is 1. The number of aryl methyl sites for hydroxylation is 1. The molecule has 5 rings (SSSR count). The summed E-state index contributed by atoms with van der Waals surface area (Å²) in [4.78, 5) is 26.0. The second kappa shape index (κ2) is 7.40. The summed E-state index contributed by atoms with van der Waals surface area (Å²) in [6.07, 6.45) is 1.07. The van der Waals surface area contributed by atoms with Gasteiger partial charge >= 0.3 is 5.97 Å². The highest BCUT2D eigenvalue weighted by Crippen LogP contribution is 2.44. The molecule has 32 heavy (non-hydrogen) atoms. The zero-order valence-corrected chi connectivity index (χ0v) is 17.6. The van der Waals surface area contributed by atoms with Crippen molar-refractivity contribution in [1.82, 2.24) is 9.88 Å². The van der Waals surface area contributed by atoms with E-state index in [-0.39, 0.29) is 42.0 Å². The molecule has 4 unspecified atom stereocenters. The summed E-state index contributed by atoms with van der Waals surface area (Å²) < 4.78 is 45.6. The van der Waals surface area contributed by atoms with Crippen LogP contribution in [-0.4, -0.2) is 53.7 Å². The maximum Gasteiger partial charge on any atom is 0.341 e. The van der Waals surface area contributed by atoms with E-state index in [2.05, 4.69) is 5.32 Å². The van der Waals surface area contributed by atoms with Gasteiger partial charge < -0.3 is 25.6 Å². The largest absolute Gasteiger partial charge is 0.477 e. The van der Waals surface area contributed by atoms with E-state index in [4.69, 9.17) is 5.73 Å². The minimum atomic E-state index is -1.49. The van der Waals surface area contributed by atoms with Gasteiger partial charge in [0, 0.05) is 44.2 Å². The molecule has 172 valence electrons. The van der Waals surface area contributed by atoms with Gasteiger partial charge in [-0.15, -0.1) is 0 Å². The monoisotopic (exact) mass is 450 g/mol. The van der Waals surface area contributed by atoms with Crippen molar-refractivity contribution in [2.24, 2.45) is 5.92 Å². The molecule has 4 atom stereocenters. The molecule has 1 saturated heterocycles. The molecule has 10 heteroatoms. The summed E-state index contributed by atoms with van der Waals surface area (Å²) in [5.41, 5.74) is 4.63. The molecule has 0 radical (unpaired) electrons. The van der Waals surface area contributed by atoms with Gasteiger partial charge in [0.25, 0.3) is 0 Å². The van der Waals surface area contributed by atoms with Crippen molar-refractivity contribution in [1.29, 1.82) is 0 Å². The molecule has 7 nitrogen and oxygen atoms in total. The summed E-state index contributed by atoms with van der Waals surface area (Å²) in [7, 11) is 0. The number of alkyl halides is 2. The Labute approximate surface area is 182 Å². The maximum absolute atomic E-state index is 15.5. The third kappa shape index (κ3) is 3.32. The molecular formula is C22H25F3N4O3. The van der Waals surface area contributed by atoms with Gasteiger partial charge in [0.05, 0.1) is 28.3 Å². The number of nitrogens with two attached hydrogens (primary N) is 1. The third-order valence-electron chi connectivity index (χ3n) is 6.85. The van der Waals surface area contributed by atoms with Crippen molar-refractivity contribution in [3.8, 4) is 0 Å². The lowest BCUT2D eigenvalue weighted by molar-refractivity contribution is 0.0694. The van der Waals surface area contributed by atoms with Crippen LogP contribution < -0.4 is 21.4 Å². The van der Waals surface area contributed by atoms with Gasteiger partial charge in [0.1, 0.15) is 17.9 Å². The van der Waals surface area contributed by atoms with Crippen molar-refractivity contribution in [2.75, 3.05) is 30.3 Å². The number of hydrogen-bond donors (Lipinski definition) is 3. The van der Waals surface area contributed by atoms with E-state index in [0.29, 0.717) is 18.2 Å². The van der Waals surface area contributed by atoms with Crippen LogP contribution in [0.25, 0.3) is 10.9 Å². The van der Waals surface area contributed by atoms with Crippen LogP contribution in [0.1, 0.15) is 41.2 Å². The zero-order chi connectivity index (χ0) is 22.9. The minimum absolute atomic E-state index is 0.0215. The Hall–Kier alpha value is -2.75. The average Bonchev–Trinajstić information content (AvgIpc) is 3.65. The van der Waals surface area contributed by atoms with Gasteiger partial charge in [0.2, 0.25) is 5.43 Å². The molecule has 1 aliphatic heterocycles. The smallest absolute Gasteiger partial charge is 0.341 e. The van der Waals surface area contributed by atoms with Crippen LogP contribution in [-0.2, 0) is 0 Å². The average molecular weight is 450 g/mol. The quantitative estimate of drug-likeness (QED) is 0.585. The number of carboxylic acids is 1. The van der Waals surface area contributed by atoms with Crippen LogP contribution in [0.4, 0.5) is 24.5 Å². The minimum Gasteiger partial charge on any atom is -0.477 e. The fourth-order valence-electron chi connectivity index (χ4n) is 4.82. The number of nitrogens with zero attached hydrogens (tertiary/aromatic N) is 2. The van der Waals surface area contributed by atoms with Gasteiger partial charge in [-0.2, -0.15) is 0 Å². The molecule has 4 N–H and O–H groups in total. The Balaban J connectivity index is 1.64. The number of hydrogen-bond acceptors (Lipinski definition) is 5. The number of halogens is 3. The lowest BCUT2D eigenvalue weighted by Crippen LogP contribution is -2.30. The Kier molecular flexibility index (Phi) is 4.88. The second-order valence-corrected chi connectivity index (χ2v) is 9.19. The van der Waals surface area contributed by atoms with Crippen LogP contribution >= 0.6 is 0 Å². The normalized spacial score (nSPS) is 27.3. The number of aromatic nitrogens is 1. The van der Waals surface area contributed by atoms with E-state index in [1.54, 1.807) is 11.8 Å². The van der Waals surface area contributed by atoms with Gasteiger partial charge in [-0.1, -0.05) is 0 Å². The summed E-state index contributed by atoms with van der Waals surface area (Å²) in [5, 5.41) is 12.5. The van der Waals surface area contributed by atoms with Crippen LogP contribution in [0.15, 0.2) is 11.0 Å². The predicted molar refractivity (Wildman–Crippen MR) is 114 cm³/mol. The fraction of sp³-hybridized carbons (Fsp3) is 0.545. The van der Waals surface area contributed by atoms with Crippen LogP contribution in [0.5, 0.6) is 0 Å². The Morgan fingerprint density at radius 1 is 1.28 bits per heavy atom. The number of carbonyl (C=O) groups is 1. The van der Waals surface area contributed by atoms with Crippen molar-refractivity contribution < 1.29 is 23.1 Å². The summed E-state index contributed by atoms with van der Waals surface area (Å²) in [6, 6.07) is -0.230. The van der Waals surface area contributed by atoms with Crippen molar-refractivity contribution in [3.63, 3.8) is 0 Å². The van der Waals surface area contributed by atoms with E-state index < -0.39 is 46.9 Å². The molecule has 1 aromatic heterocycles. The zero-order valence-electron chi connectivity index (χ0n) is 17.6. The summed E-state index contributed by atoms with van der Waals surface area (Å²) >= 11 is 0. The molecule has 2 aromatic rings. The van der Waals surface area contributed by atoms with E-state index in [1.807, 2.05) is 0 Å². The van der Waals surface area contributed by atoms with Gasteiger partial charge in [-0.25, -0.2) is 18.0 Å². The Morgan fingerprint density at radius 3 is 2.56 bits per heavy atom. The first-order valence-corrected chi connectivity index (χ1v) is 10.8. The lowest BCUT2D eigenvalue weighted by atomic mass is 10.0. The number of anilines is 2. The molecule has 1 aromatic carbocycles. The number of nitrogens with one attached hydrogen (secondary N) is 1. The van der Waals surface area contributed by atoms with Crippen molar-refractivity contribution >= 4 is 28.2 Å². The number of pyridine rings is 1. The van der Waals surface area contributed by atoms with E-state index in [9.17, 15) is 23.5 Å². The Morgan fingerprint density at radius 2 is 1.97 bits per heavy atom. The molecule has 0 spiro atoms. The van der Waals surface area contributed by atoms with Crippen LogP contribution in [0, 0.1) is 18.7 Å². The van der Waals surface area contributed by atoms with Crippen molar-refractivity contribution in [3.05, 3.63) is 33.4 Å². The number of nitrogen functional groups attached to an aromatic ring is 1. The van der Waals surface area contributed by atoms with E-state index >= 15 is 4.39 Å². The number of fused-ring (bicyclic) bond motifs is 1. The van der Waals surface area contributed by atoms with Gasteiger partial charge in [-0.05, 0) is 25.3 Å². The standard InChI is InChI=1S/C22H25F3N4O3/c1-9-19-16(21(30)12(22(31)32)7-29(19)15-4-13(15)23)18(26)17(25)20(9)28-6-10(14(24)8-28)5-27-11-2-3-11/h7,10-11,13-15,27H,2-6,8,26H2,1H3,(H,31,32). The molecule has 3 fully saturated rings. The summed E-state index contributed by atoms with van der Waals surface area (Å²) in [5.74, 6) is -2.69.